The quantitative estimate of drug-likeness (QED) is 0.0614. The number of ether oxygens (including phenoxy) is 1. The standard InChI is InChI=1S/C7H10O3.6C4H9.2Sn/c1-4-6(8)5(2)7(9)10-3;6*1-3-4-2;;/h2,4-6,8H,1H2,3H3;6*1,3-4H2,2H3;;/t5-,6-;;;;;;;;/m1......../s1. The van der Waals surface area contributed by atoms with E-state index in [1.807, 2.05) is 0 Å². The first kappa shape index (κ1) is 36.8. The SMILES string of the molecule is C=C[C@@H](O)[C@H](C(=O)OC)[CH]([Sn]([CH2]CCC)([CH2]CCC)[CH2]CCC)[Sn]([CH2]CCC)([CH2]CCC)[CH2]CCC. The maximum atomic E-state index is 13.7. The minimum absolute atomic E-state index is 0.136. The third-order valence-electron chi connectivity index (χ3n) is 8.93. The zero-order valence-corrected chi connectivity index (χ0v) is 31.2. The Hall–Kier alpha value is 0.767. The summed E-state index contributed by atoms with van der Waals surface area (Å²) in [6, 6.07) is 0. The maximum absolute atomic E-state index is 13.7. The number of carbonyl (C=O) groups is 1. The number of hydrogen-bond acceptors (Lipinski definition) is 3. The van der Waals surface area contributed by atoms with E-state index in [4.69, 9.17) is 4.74 Å². The molecule has 0 amide bonds. The fourth-order valence-corrected chi connectivity index (χ4v) is 86.2. The predicted molar refractivity (Wildman–Crippen MR) is 165 cm³/mol. The van der Waals surface area contributed by atoms with E-state index >= 15 is 0 Å². The zero-order chi connectivity index (χ0) is 27.5. The average molecular weight is 722 g/mol. The molecule has 0 unspecified atom stereocenters. The summed E-state index contributed by atoms with van der Waals surface area (Å²) in [5.74, 6) is -0.501. The Morgan fingerprint density at radius 1 is 0.694 bits per heavy atom. The number of carbonyl (C=O) groups excluding carboxylic acids is 1. The van der Waals surface area contributed by atoms with Gasteiger partial charge < -0.3 is 0 Å². The predicted octanol–water partition coefficient (Wildman–Crippen LogP) is 9.93. The van der Waals surface area contributed by atoms with Gasteiger partial charge in [-0.3, -0.25) is 0 Å². The molecule has 0 rings (SSSR count). The van der Waals surface area contributed by atoms with E-state index in [1.165, 1.54) is 104 Å². The Morgan fingerprint density at radius 2 is 0.972 bits per heavy atom. The summed E-state index contributed by atoms with van der Waals surface area (Å²) in [6.07, 6.45) is 16.1. The summed E-state index contributed by atoms with van der Waals surface area (Å²) >= 11 is -5.90. The Balaban J connectivity index is 7.46. The van der Waals surface area contributed by atoms with E-state index in [2.05, 4.69) is 48.1 Å². The molecule has 0 saturated heterocycles. The topological polar surface area (TPSA) is 46.5 Å². The molecule has 0 fully saturated rings. The Morgan fingerprint density at radius 3 is 1.17 bits per heavy atom. The van der Waals surface area contributed by atoms with Crippen LogP contribution < -0.4 is 0 Å². The Bertz CT molecular complexity index is 490. The van der Waals surface area contributed by atoms with Crippen LogP contribution in [0.3, 0.4) is 0 Å². The van der Waals surface area contributed by atoms with Gasteiger partial charge in [-0.05, 0) is 0 Å². The van der Waals surface area contributed by atoms with Gasteiger partial charge in [0.2, 0.25) is 0 Å². The molecule has 0 bridgehead atoms. The van der Waals surface area contributed by atoms with E-state index in [0.29, 0.717) is 1.95 Å². The van der Waals surface area contributed by atoms with E-state index in [0.717, 1.165) is 0 Å². The van der Waals surface area contributed by atoms with E-state index in [9.17, 15) is 9.90 Å². The second kappa shape index (κ2) is 21.6. The van der Waals surface area contributed by atoms with E-state index in [-0.39, 0.29) is 11.9 Å². The molecule has 0 aliphatic rings. The van der Waals surface area contributed by atoms with Crippen molar-refractivity contribution >= 4 is 42.7 Å². The summed E-state index contributed by atoms with van der Waals surface area (Å²) in [7, 11) is 1.55. The normalized spacial score (nSPS) is 14.1. The van der Waals surface area contributed by atoms with Crippen LogP contribution in [0.2, 0.25) is 28.6 Å². The molecule has 214 valence electrons. The molecule has 5 heteroatoms. The molecule has 0 aromatic rings. The molecule has 3 nitrogen and oxygen atoms in total. The number of aliphatic hydroxyl groups is 1. The average Bonchev–Trinajstić information content (AvgIpc) is 2.91. The van der Waals surface area contributed by atoms with Crippen molar-refractivity contribution in [2.75, 3.05) is 7.11 Å². The van der Waals surface area contributed by atoms with Crippen LogP contribution in [-0.4, -0.2) is 61.0 Å². The summed E-state index contributed by atoms with van der Waals surface area (Å²) in [6.45, 7) is 18.0. The first-order valence-corrected chi connectivity index (χ1v) is 31.1. The molecule has 0 heterocycles. The van der Waals surface area contributed by atoms with Gasteiger partial charge in [-0.15, -0.1) is 0 Å². The Labute approximate surface area is 234 Å². The molecular formula is C31H64O3Sn2. The van der Waals surface area contributed by atoms with Gasteiger partial charge >= 0.3 is 236 Å². The van der Waals surface area contributed by atoms with E-state index in [1.54, 1.807) is 13.2 Å². The fraction of sp³-hybridized carbons (Fsp3) is 0.903. The van der Waals surface area contributed by atoms with Gasteiger partial charge in [0.25, 0.3) is 0 Å². The summed E-state index contributed by atoms with van der Waals surface area (Å²) in [5, 5.41) is 11.5. The van der Waals surface area contributed by atoms with Gasteiger partial charge in [0.05, 0.1) is 0 Å². The molecule has 0 spiro atoms. The van der Waals surface area contributed by atoms with Crippen LogP contribution in [0, 0.1) is 5.92 Å². The van der Waals surface area contributed by atoms with Crippen molar-refractivity contribution in [3.05, 3.63) is 12.7 Å². The van der Waals surface area contributed by atoms with Gasteiger partial charge in [0.15, 0.2) is 0 Å². The number of methoxy groups -OCH3 is 1. The summed E-state index contributed by atoms with van der Waals surface area (Å²) < 4.78 is 14.5. The number of aliphatic hydroxyl groups excluding tert-OH is 1. The van der Waals surface area contributed by atoms with Crippen molar-refractivity contribution in [2.45, 2.75) is 153 Å². The summed E-state index contributed by atoms with van der Waals surface area (Å²) in [5.41, 5.74) is 0. The Kier molecular flexibility index (Phi) is 22.0. The van der Waals surface area contributed by atoms with Crippen LogP contribution in [0.15, 0.2) is 12.7 Å². The van der Waals surface area contributed by atoms with Gasteiger partial charge in [0, 0.05) is 0 Å². The van der Waals surface area contributed by atoms with Crippen molar-refractivity contribution < 1.29 is 14.6 Å². The van der Waals surface area contributed by atoms with Crippen LogP contribution in [0.25, 0.3) is 0 Å². The molecular weight excluding hydrogens is 658 g/mol. The number of rotatable bonds is 24. The van der Waals surface area contributed by atoms with Gasteiger partial charge in [-0.2, -0.15) is 0 Å². The van der Waals surface area contributed by atoms with Crippen molar-refractivity contribution in [1.82, 2.24) is 0 Å². The third kappa shape index (κ3) is 11.5. The molecule has 0 aromatic heterocycles. The van der Waals surface area contributed by atoms with Crippen molar-refractivity contribution in [1.29, 1.82) is 0 Å². The molecule has 36 heavy (non-hydrogen) atoms. The first-order valence-electron chi connectivity index (χ1n) is 15.7. The molecule has 0 aliphatic heterocycles. The molecule has 0 aromatic carbocycles. The van der Waals surface area contributed by atoms with Crippen molar-refractivity contribution in [3.63, 3.8) is 0 Å². The number of unbranched alkanes of at least 4 members (excludes halogenated alkanes) is 6. The molecule has 2 atom stereocenters. The van der Waals surface area contributed by atoms with Crippen molar-refractivity contribution in [2.24, 2.45) is 5.92 Å². The monoisotopic (exact) mass is 724 g/mol. The molecule has 0 saturated carbocycles. The van der Waals surface area contributed by atoms with Crippen LogP contribution in [0.5, 0.6) is 0 Å². The molecule has 0 radical (unpaired) electrons. The zero-order valence-electron chi connectivity index (χ0n) is 25.5. The first-order chi connectivity index (χ1) is 17.3. The van der Waals surface area contributed by atoms with Gasteiger partial charge in [0.1, 0.15) is 0 Å². The van der Waals surface area contributed by atoms with Crippen LogP contribution in [0.1, 0.15) is 119 Å². The second-order valence-corrected chi connectivity index (χ2v) is 44.0. The third-order valence-corrected chi connectivity index (χ3v) is 65.1. The van der Waals surface area contributed by atoms with Gasteiger partial charge in [-0.25, -0.2) is 0 Å². The van der Waals surface area contributed by atoms with Crippen LogP contribution in [0.4, 0.5) is 0 Å². The minimum atomic E-state index is -2.95. The second-order valence-electron chi connectivity index (χ2n) is 11.6. The van der Waals surface area contributed by atoms with Crippen LogP contribution >= 0.6 is 0 Å². The number of hydrogen-bond donors (Lipinski definition) is 1. The molecule has 0 aliphatic carbocycles. The van der Waals surface area contributed by atoms with Gasteiger partial charge in [-0.1, -0.05) is 0 Å². The van der Waals surface area contributed by atoms with E-state index < -0.39 is 42.9 Å². The fourth-order valence-electron chi connectivity index (χ4n) is 7.02. The molecule has 1 N–H and O–H groups in total. The number of esters is 1. The van der Waals surface area contributed by atoms with Crippen LogP contribution in [-0.2, 0) is 9.53 Å². The summed E-state index contributed by atoms with van der Waals surface area (Å²) in [4.78, 5) is 13.7. The van der Waals surface area contributed by atoms with Crippen molar-refractivity contribution in [3.8, 4) is 0 Å².